The minimum atomic E-state index is -0.0594. The highest BCUT2D eigenvalue weighted by molar-refractivity contribution is 5.95. The van der Waals surface area contributed by atoms with Gasteiger partial charge in [-0.25, -0.2) is 0 Å². The first kappa shape index (κ1) is 13.6. The Morgan fingerprint density at radius 3 is 2.95 bits per heavy atom. The van der Waals surface area contributed by atoms with Gasteiger partial charge in [-0.2, -0.15) is 0 Å². The minimum Gasteiger partial charge on any atom is -0.466 e. The number of aryl methyl sites for hydroxylation is 2. The summed E-state index contributed by atoms with van der Waals surface area (Å²) < 4.78 is 16.4. The maximum atomic E-state index is 12.4. The van der Waals surface area contributed by atoms with E-state index < -0.39 is 0 Å². The van der Waals surface area contributed by atoms with E-state index in [2.05, 4.69) is 5.32 Å². The average molecular weight is 279 g/mol. The fraction of sp³-hybridized carbons (Fsp3) is 0.667. The van der Waals surface area contributed by atoms with E-state index in [1.54, 1.807) is 13.2 Å². The largest absolute Gasteiger partial charge is 0.466 e. The van der Waals surface area contributed by atoms with Crippen molar-refractivity contribution >= 4 is 5.91 Å². The van der Waals surface area contributed by atoms with Crippen LogP contribution in [0.3, 0.4) is 0 Å². The van der Waals surface area contributed by atoms with E-state index in [9.17, 15) is 4.79 Å². The van der Waals surface area contributed by atoms with Gasteiger partial charge >= 0.3 is 0 Å². The Balaban J connectivity index is 1.70. The molecular weight excluding hydrogens is 258 g/mol. The molecule has 1 aromatic rings. The maximum absolute atomic E-state index is 12.4. The van der Waals surface area contributed by atoms with Gasteiger partial charge in [0.05, 0.1) is 18.3 Å². The summed E-state index contributed by atoms with van der Waals surface area (Å²) in [5.74, 6) is 2.05. The number of carbonyl (C=O) groups is 1. The molecule has 3 rings (SSSR count). The van der Waals surface area contributed by atoms with Gasteiger partial charge in [-0.15, -0.1) is 0 Å². The molecule has 0 aromatic carbocycles. The van der Waals surface area contributed by atoms with E-state index in [1.807, 2.05) is 13.8 Å². The van der Waals surface area contributed by atoms with E-state index >= 15 is 0 Å². The van der Waals surface area contributed by atoms with Gasteiger partial charge in [0.1, 0.15) is 11.5 Å². The monoisotopic (exact) mass is 279 g/mol. The Bertz CT molecular complexity index is 510. The van der Waals surface area contributed by atoms with E-state index in [0.717, 1.165) is 18.8 Å². The number of carbonyl (C=O) groups excluding carboxylic acids is 1. The first-order valence-corrected chi connectivity index (χ1v) is 7.10. The molecule has 5 nitrogen and oxygen atoms in total. The van der Waals surface area contributed by atoms with Crippen LogP contribution in [0.25, 0.3) is 0 Å². The molecule has 0 radical (unpaired) electrons. The molecule has 4 atom stereocenters. The Hall–Kier alpha value is -1.33. The molecule has 1 aliphatic heterocycles. The molecule has 1 saturated heterocycles. The molecule has 1 saturated carbocycles. The van der Waals surface area contributed by atoms with Gasteiger partial charge in [0.25, 0.3) is 5.91 Å². The summed E-state index contributed by atoms with van der Waals surface area (Å²) in [6, 6.07) is 1.93. The molecule has 5 heteroatoms. The summed E-state index contributed by atoms with van der Waals surface area (Å²) in [6.07, 6.45) is 1.26. The zero-order valence-corrected chi connectivity index (χ0v) is 12.1. The van der Waals surface area contributed by atoms with Crippen molar-refractivity contribution < 1.29 is 18.7 Å². The summed E-state index contributed by atoms with van der Waals surface area (Å²) in [5, 5.41) is 3.13. The molecule has 2 heterocycles. The van der Waals surface area contributed by atoms with Crippen molar-refractivity contribution in [3.63, 3.8) is 0 Å². The van der Waals surface area contributed by atoms with E-state index in [1.165, 1.54) is 0 Å². The van der Waals surface area contributed by atoms with Crippen LogP contribution in [0, 0.1) is 25.7 Å². The lowest BCUT2D eigenvalue weighted by Gasteiger charge is -2.47. The van der Waals surface area contributed by atoms with Crippen molar-refractivity contribution in [3.8, 4) is 0 Å². The molecule has 20 heavy (non-hydrogen) atoms. The molecule has 2 fully saturated rings. The van der Waals surface area contributed by atoms with Gasteiger partial charge in [0.2, 0.25) is 0 Å². The highest BCUT2D eigenvalue weighted by atomic mass is 16.5. The van der Waals surface area contributed by atoms with Crippen LogP contribution in [0.2, 0.25) is 0 Å². The number of hydrogen-bond donors (Lipinski definition) is 1. The van der Waals surface area contributed by atoms with Crippen LogP contribution >= 0.6 is 0 Å². The second-order valence-electron chi connectivity index (χ2n) is 5.73. The standard InChI is InChI=1S/C15H21NO4/c1-8-6-11(9(2)20-8)15(17)16-13-10-4-5-19-14(10)12(13)7-18-3/h6,10,12-14H,4-5,7H2,1-3H3,(H,16,17). The van der Waals surface area contributed by atoms with Crippen LogP contribution in [0.1, 0.15) is 28.3 Å². The highest BCUT2D eigenvalue weighted by Crippen LogP contribution is 2.43. The second-order valence-corrected chi connectivity index (χ2v) is 5.73. The summed E-state index contributed by atoms with van der Waals surface area (Å²) in [7, 11) is 1.69. The number of ether oxygens (including phenoxy) is 2. The summed E-state index contributed by atoms with van der Waals surface area (Å²) in [5.41, 5.74) is 0.626. The van der Waals surface area contributed by atoms with Gasteiger partial charge in [0.15, 0.2) is 0 Å². The molecule has 1 aliphatic carbocycles. The molecule has 1 N–H and O–H groups in total. The Labute approximate surface area is 118 Å². The van der Waals surface area contributed by atoms with Crippen LogP contribution in [0.4, 0.5) is 0 Å². The van der Waals surface area contributed by atoms with Gasteiger partial charge in [-0.05, 0) is 26.3 Å². The molecule has 1 amide bonds. The first-order valence-electron chi connectivity index (χ1n) is 7.10. The van der Waals surface area contributed by atoms with Crippen molar-refractivity contribution in [1.29, 1.82) is 0 Å². The zero-order valence-electron chi connectivity index (χ0n) is 12.1. The molecular formula is C15H21NO4. The zero-order chi connectivity index (χ0) is 14.3. The lowest BCUT2D eigenvalue weighted by Crippen LogP contribution is -2.62. The third kappa shape index (κ3) is 2.15. The van der Waals surface area contributed by atoms with E-state index in [0.29, 0.717) is 23.8 Å². The Morgan fingerprint density at radius 1 is 1.50 bits per heavy atom. The smallest absolute Gasteiger partial charge is 0.255 e. The van der Waals surface area contributed by atoms with Crippen molar-refractivity contribution in [3.05, 3.63) is 23.2 Å². The molecule has 4 unspecified atom stereocenters. The predicted octanol–water partition coefficient (Wildman–Crippen LogP) is 1.68. The molecule has 0 bridgehead atoms. The van der Waals surface area contributed by atoms with Crippen molar-refractivity contribution in [2.45, 2.75) is 32.4 Å². The van der Waals surface area contributed by atoms with Crippen LogP contribution in [-0.2, 0) is 9.47 Å². The number of rotatable bonds is 4. The third-order valence-electron chi connectivity index (χ3n) is 4.47. The number of amides is 1. The number of hydrogen-bond acceptors (Lipinski definition) is 4. The number of methoxy groups -OCH3 is 1. The maximum Gasteiger partial charge on any atom is 0.255 e. The normalized spacial score (nSPS) is 31.8. The Kier molecular flexibility index (Phi) is 3.56. The van der Waals surface area contributed by atoms with Crippen LogP contribution in [-0.4, -0.2) is 38.4 Å². The fourth-order valence-electron chi connectivity index (χ4n) is 3.52. The molecule has 0 spiro atoms. The van der Waals surface area contributed by atoms with Gasteiger partial charge in [0, 0.05) is 31.6 Å². The van der Waals surface area contributed by atoms with Gasteiger partial charge in [-0.1, -0.05) is 0 Å². The number of nitrogens with one attached hydrogen (secondary N) is 1. The molecule has 2 aliphatic rings. The van der Waals surface area contributed by atoms with E-state index in [-0.39, 0.29) is 24.0 Å². The SMILES string of the molecule is COCC1C(NC(=O)c2cc(C)oc2C)C2CCOC21. The summed E-state index contributed by atoms with van der Waals surface area (Å²) >= 11 is 0. The topological polar surface area (TPSA) is 60.7 Å². The van der Waals surface area contributed by atoms with Crippen LogP contribution in [0.15, 0.2) is 10.5 Å². The van der Waals surface area contributed by atoms with Gasteiger partial charge in [-0.3, -0.25) is 4.79 Å². The lowest BCUT2D eigenvalue weighted by atomic mass is 9.67. The summed E-state index contributed by atoms with van der Waals surface area (Å²) in [4.78, 5) is 12.4. The van der Waals surface area contributed by atoms with Gasteiger partial charge < -0.3 is 19.2 Å². The van der Waals surface area contributed by atoms with Crippen LogP contribution < -0.4 is 5.32 Å². The molecule has 1 aromatic heterocycles. The van der Waals surface area contributed by atoms with E-state index in [4.69, 9.17) is 13.9 Å². The van der Waals surface area contributed by atoms with Crippen molar-refractivity contribution in [2.24, 2.45) is 11.8 Å². The average Bonchev–Trinajstić information content (AvgIpc) is 2.97. The Morgan fingerprint density at radius 2 is 2.30 bits per heavy atom. The summed E-state index contributed by atoms with van der Waals surface area (Å²) in [6.45, 7) is 5.07. The highest BCUT2D eigenvalue weighted by Gasteiger charge is 2.54. The number of furan rings is 1. The third-order valence-corrected chi connectivity index (χ3v) is 4.47. The fourth-order valence-corrected chi connectivity index (χ4v) is 3.52. The van der Waals surface area contributed by atoms with Crippen molar-refractivity contribution in [2.75, 3.05) is 20.3 Å². The van der Waals surface area contributed by atoms with Crippen LogP contribution in [0.5, 0.6) is 0 Å². The predicted molar refractivity (Wildman–Crippen MR) is 72.6 cm³/mol. The minimum absolute atomic E-state index is 0.0594. The second kappa shape index (κ2) is 5.22. The quantitative estimate of drug-likeness (QED) is 0.911. The number of fused-ring (bicyclic) bond motifs is 1. The first-order chi connectivity index (χ1) is 9.61. The van der Waals surface area contributed by atoms with Crippen molar-refractivity contribution in [1.82, 2.24) is 5.32 Å². The molecule has 110 valence electrons. The lowest BCUT2D eigenvalue weighted by molar-refractivity contribution is -0.0809.